The molecule has 2 aromatic heterocycles. The van der Waals surface area contributed by atoms with Crippen LogP contribution < -0.4 is 5.32 Å². The summed E-state index contributed by atoms with van der Waals surface area (Å²) >= 11 is 1.57. The quantitative estimate of drug-likeness (QED) is 0.507. The topological polar surface area (TPSA) is 82.2 Å². The molecule has 0 aliphatic rings. The van der Waals surface area contributed by atoms with Crippen molar-refractivity contribution in [2.45, 2.75) is 43.8 Å². The van der Waals surface area contributed by atoms with Crippen molar-refractivity contribution in [1.29, 1.82) is 0 Å². The Balaban J connectivity index is 1.70. The Morgan fingerprint density at radius 3 is 2.79 bits per heavy atom. The Morgan fingerprint density at radius 2 is 2.07 bits per heavy atom. The Kier molecular flexibility index (Phi) is 7.48. The van der Waals surface area contributed by atoms with E-state index in [9.17, 15) is 4.79 Å². The number of carbonyl (C=O) groups is 1. The number of nitrogens with one attached hydrogen (secondary N) is 1. The van der Waals surface area contributed by atoms with Crippen LogP contribution in [0.15, 0.2) is 52.2 Å². The second-order valence-electron chi connectivity index (χ2n) is 6.85. The van der Waals surface area contributed by atoms with Crippen molar-refractivity contribution in [2.24, 2.45) is 0 Å². The van der Waals surface area contributed by atoms with Crippen LogP contribution in [0.3, 0.4) is 0 Å². The van der Waals surface area contributed by atoms with Crippen molar-refractivity contribution in [3.05, 3.63) is 65.4 Å². The van der Waals surface area contributed by atoms with Crippen LogP contribution in [0.2, 0.25) is 0 Å². The molecule has 1 aromatic carbocycles. The van der Waals surface area contributed by atoms with Crippen molar-refractivity contribution in [3.63, 3.8) is 0 Å². The summed E-state index contributed by atoms with van der Waals surface area (Å²) in [6.07, 6.45) is 1.59. The number of nitrogens with zero attached hydrogens (tertiary/aromatic N) is 3. The number of furan rings is 1. The second-order valence-corrected chi connectivity index (χ2v) is 7.79. The maximum Gasteiger partial charge on any atom is 0.251 e. The monoisotopic (exact) mass is 414 g/mol. The van der Waals surface area contributed by atoms with E-state index in [0.29, 0.717) is 31.0 Å². The number of hydrogen-bond acceptors (Lipinski definition) is 6. The predicted octanol–water partition coefficient (Wildman–Crippen LogP) is 3.86. The van der Waals surface area contributed by atoms with Crippen molar-refractivity contribution in [1.82, 2.24) is 20.1 Å². The minimum absolute atomic E-state index is 0.124. The third-order valence-electron chi connectivity index (χ3n) is 4.40. The van der Waals surface area contributed by atoms with Gasteiger partial charge in [0, 0.05) is 30.9 Å². The number of rotatable bonds is 10. The highest BCUT2D eigenvalue weighted by Gasteiger charge is 2.17. The van der Waals surface area contributed by atoms with E-state index in [4.69, 9.17) is 9.15 Å². The standard InChI is InChI=1S/C21H26N4O3S/c1-15(2)19-23-24-21(25(19)10-12-27-3)29-14-16-7-4-5-9-18(16)20(26)22-13-17-8-6-11-28-17/h4-9,11,15H,10,12-14H2,1-3H3,(H,22,26). The third-order valence-corrected chi connectivity index (χ3v) is 5.42. The van der Waals surface area contributed by atoms with E-state index in [2.05, 4.69) is 33.9 Å². The summed E-state index contributed by atoms with van der Waals surface area (Å²) in [6.45, 7) is 5.85. The summed E-state index contributed by atoms with van der Waals surface area (Å²) in [4.78, 5) is 12.7. The molecule has 0 spiro atoms. The van der Waals surface area contributed by atoms with Gasteiger partial charge in [-0.1, -0.05) is 43.8 Å². The molecule has 0 fully saturated rings. The van der Waals surface area contributed by atoms with E-state index >= 15 is 0 Å². The van der Waals surface area contributed by atoms with Crippen LogP contribution in [0.1, 0.15) is 47.3 Å². The molecule has 7 nitrogen and oxygen atoms in total. The number of ether oxygens (including phenoxy) is 1. The largest absolute Gasteiger partial charge is 0.467 e. The molecule has 154 valence electrons. The maximum absolute atomic E-state index is 12.7. The van der Waals surface area contributed by atoms with E-state index < -0.39 is 0 Å². The van der Waals surface area contributed by atoms with Crippen LogP contribution in [-0.2, 0) is 23.6 Å². The Bertz CT molecular complexity index is 922. The molecule has 29 heavy (non-hydrogen) atoms. The Hall–Kier alpha value is -2.58. The molecular formula is C21H26N4O3S. The van der Waals surface area contributed by atoms with Gasteiger partial charge in [0.1, 0.15) is 11.6 Å². The van der Waals surface area contributed by atoms with Gasteiger partial charge in [-0.2, -0.15) is 0 Å². The van der Waals surface area contributed by atoms with Gasteiger partial charge >= 0.3 is 0 Å². The van der Waals surface area contributed by atoms with Crippen LogP contribution in [0.5, 0.6) is 0 Å². The van der Waals surface area contributed by atoms with Gasteiger partial charge in [0.15, 0.2) is 5.16 Å². The number of methoxy groups -OCH3 is 1. The molecule has 1 amide bonds. The summed E-state index contributed by atoms with van der Waals surface area (Å²) < 4.78 is 12.6. The highest BCUT2D eigenvalue weighted by atomic mass is 32.2. The molecule has 3 aromatic rings. The minimum Gasteiger partial charge on any atom is -0.467 e. The molecule has 1 N–H and O–H groups in total. The van der Waals surface area contributed by atoms with Crippen LogP contribution in [0.25, 0.3) is 0 Å². The van der Waals surface area contributed by atoms with Gasteiger partial charge in [-0.25, -0.2) is 0 Å². The fourth-order valence-electron chi connectivity index (χ4n) is 2.91. The zero-order valence-corrected chi connectivity index (χ0v) is 17.7. The number of amides is 1. The molecule has 8 heteroatoms. The summed E-state index contributed by atoms with van der Waals surface area (Å²) in [5.74, 6) is 2.43. The van der Waals surface area contributed by atoms with Gasteiger partial charge in [-0.3, -0.25) is 4.79 Å². The average Bonchev–Trinajstić information content (AvgIpc) is 3.38. The van der Waals surface area contributed by atoms with Crippen LogP contribution in [0.4, 0.5) is 0 Å². The van der Waals surface area contributed by atoms with Gasteiger partial charge in [0.25, 0.3) is 5.91 Å². The molecule has 0 saturated heterocycles. The summed E-state index contributed by atoms with van der Waals surface area (Å²) in [7, 11) is 1.68. The SMILES string of the molecule is COCCn1c(SCc2ccccc2C(=O)NCc2ccco2)nnc1C(C)C. The molecular weight excluding hydrogens is 388 g/mol. The van der Waals surface area contributed by atoms with Gasteiger partial charge in [-0.15, -0.1) is 10.2 Å². The van der Waals surface area contributed by atoms with E-state index in [1.54, 1.807) is 31.2 Å². The van der Waals surface area contributed by atoms with Crippen molar-refractivity contribution < 1.29 is 13.9 Å². The number of benzene rings is 1. The van der Waals surface area contributed by atoms with Gasteiger partial charge in [0.05, 0.1) is 19.4 Å². The van der Waals surface area contributed by atoms with Gasteiger partial charge < -0.3 is 19.0 Å². The lowest BCUT2D eigenvalue weighted by Crippen LogP contribution is -2.23. The highest BCUT2D eigenvalue weighted by Crippen LogP contribution is 2.26. The van der Waals surface area contributed by atoms with Crippen LogP contribution in [-0.4, -0.2) is 34.4 Å². The lowest BCUT2D eigenvalue weighted by atomic mass is 10.1. The maximum atomic E-state index is 12.7. The van der Waals surface area contributed by atoms with Crippen LogP contribution >= 0.6 is 11.8 Å². The summed E-state index contributed by atoms with van der Waals surface area (Å²) in [5, 5.41) is 12.4. The molecule has 0 aliphatic carbocycles. The molecule has 0 atom stereocenters. The first-order chi connectivity index (χ1) is 14.1. The zero-order chi connectivity index (χ0) is 20.6. The second kappa shape index (κ2) is 10.3. The lowest BCUT2D eigenvalue weighted by Gasteiger charge is -2.12. The smallest absolute Gasteiger partial charge is 0.251 e. The number of aromatic nitrogens is 3. The first-order valence-electron chi connectivity index (χ1n) is 9.53. The highest BCUT2D eigenvalue weighted by molar-refractivity contribution is 7.98. The van der Waals surface area contributed by atoms with Gasteiger partial charge in [0.2, 0.25) is 0 Å². The lowest BCUT2D eigenvalue weighted by molar-refractivity contribution is 0.0947. The van der Waals surface area contributed by atoms with E-state index in [1.807, 2.05) is 30.3 Å². The number of thioether (sulfide) groups is 1. The molecule has 0 unspecified atom stereocenters. The molecule has 0 radical (unpaired) electrons. The molecule has 0 saturated carbocycles. The fraction of sp³-hybridized carbons (Fsp3) is 0.381. The number of carbonyl (C=O) groups excluding carboxylic acids is 1. The third kappa shape index (κ3) is 5.48. The zero-order valence-electron chi connectivity index (χ0n) is 16.9. The molecule has 0 aliphatic heterocycles. The molecule has 2 heterocycles. The van der Waals surface area contributed by atoms with Crippen molar-refractivity contribution >= 4 is 17.7 Å². The number of hydrogen-bond donors (Lipinski definition) is 1. The van der Waals surface area contributed by atoms with E-state index in [-0.39, 0.29) is 11.8 Å². The first kappa shape index (κ1) is 21.1. The van der Waals surface area contributed by atoms with E-state index in [0.717, 1.165) is 22.3 Å². The van der Waals surface area contributed by atoms with Gasteiger partial charge in [-0.05, 0) is 23.8 Å². The normalized spacial score (nSPS) is 11.2. The van der Waals surface area contributed by atoms with E-state index in [1.165, 1.54) is 0 Å². The molecule has 0 bridgehead atoms. The Labute approximate surface area is 174 Å². The summed E-state index contributed by atoms with van der Waals surface area (Å²) in [6, 6.07) is 11.2. The summed E-state index contributed by atoms with van der Waals surface area (Å²) in [5.41, 5.74) is 1.60. The predicted molar refractivity (Wildman–Crippen MR) is 112 cm³/mol. The van der Waals surface area contributed by atoms with Crippen molar-refractivity contribution in [2.75, 3.05) is 13.7 Å². The minimum atomic E-state index is -0.124. The fourth-order valence-corrected chi connectivity index (χ4v) is 3.89. The molecule has 3 rings (SSSR count). The Morgan fingerprint density at radius 1 is 1.24 bits per heavy atom. The van der Waals surface area contributed by atoms with Crippen LogP contribution in [0, 0.1) is 0 Å². The first-order valence-corrected chi connectivity index (χ1v) is 10.5. The average molecular weight is 415 g/mol. The van der Waals surface area contributed by atoms with Crippen molar-refractivity contribution in [3.8, 4) is 0 Å².